The number of nitro groups is 2. The molecule has 3 fully saturated rings. The molecule has 2 aliphatic heterocycles. The second kappa shape index (κ2) is 14.7. The van der Waals surface area contributed by atoms with E-state index in [4.69, 9.17) is 9.72 Å². The van der Waals surface area contributed by atoms with Gasteiger partial charge in [-0.15, -0.1) is 0 Å². The fourth-order valence-electron chi connectivity index (χ4n) is 8.11. The summed E-state index contributed by atoms with van der Waals surface area (Å²) in [5.74, 6) is -0.244. The highest BCUT2D eigenvalue weighted by atomic mass is 32.2. The van der Waals surface area contributed by atoms with Gasteiger partial charge in [-0.1, -0.05) is 24.1 Å². The zero-order chi connectivity index (χ0) is 41.1. The van der Waals surface area contributed by atoms with Crippen LogP contribution in [0.5, 0.6) is 0 Å². The van der Waals surface area contributed by atoms with Crippen LogP contribution in [0.25, 0.3) is 22.3 Å². The Hall–Kier alpha value is -5.22. The lowest BCUT2D eigenvalue weighted by molar-refractivity contribution is -0.396. The van der Waals surface area contributed by atoms with Gasteiger partial charge in [0.15, 0.2) is 4.90 Å². The third-order valence-electron chi connectivity index (χ3n) is 10.9. The number of hydrogen-bond acceptors (Lipinski definition) is 10. The molecular weight excluding hydrogens is 741 g/mol. The van der Waals surface area contributed by atoms with E-state index in [1.54, 1.807) is 33.9 Å². The lowest BCUT2D eigenvalue weighted by Crippen LogP contribution is -2.55. The van der Waals surface area contributed by atoms with Gasteiger partial charge in [-0.25, -0.2) is 27.5 Å². The molecule has 2 bridgehead atoms. The Morgan fingerprint density at radius 1 is 0.964 bits per heavy atom. The largest absolute Gasteiger partial charge is 0.443 e. The molecule has 1 aliphatic carbocycles. The molecule has 56 heavy (non-hydrogen) atoms. The number of carbonyl (C=O) groups excluding carboxylic acids is 2. The van der Waals surface area contributed by atoms with Crippen LogP contribution in [0, 0.1) is 40.0 Å². The number of aromatic nitrogens is 2. The number of pyridine rings is 1. The fraction of sp³-hybridized carbons (Fsp3) is 0.475. The van der Waals surface area contributed by atoms with Gasteiger partial charge >= 0.3 is 6.09 Å². The average Bonchev–Trinajstić information content (AvgIpc) is 3.47. The number of carbonyl (C=O) groups is 2. The van der Waals surface area contributed by atoms with Crippen LogP contribution >= 0.6 is 0 Å². The van der Waals surface area contributed by atoms with E-state index in [1.165, 1.54) is 4.57 Å². The molecule has 3 aliphatic rings. The standard InChI is InChI=1S/C40H48N6O9S/c1-23-15-24(2)17-27(16-23)35-34(25(3)20-42-56(53,54)33-14-13-30(45(49)50)19-32(33)46(51)52)31-18-28(21-41-36(31)44(35)38(48)55-39(4,5)6)40(7,8)37(47)43-22-26-9-11-29(43)12-10-26/h13-19,21,25-26,29,42H,9-12,20,22H2,1-8H3. The monoisotopic (exact) mass is 788 g/mol. The number of hydrogen-bond donors (Lipinski definition) is 1. The van der Waals surface area contributed by atoms with Gasteiger partial charge in [0.1, 0.15) is 11.2 Å². The van der Waals surface area contributed by atoms with E-state index >= 15 is 0 Å². The van der Waals surface area contributed by atoms with E-state index in [0.29, 0.717) is 46.3 Å². The van der Waals surface area contributed by atoms with Crippen molar-refractivity contribution < 1.29 is 32.6 Å². The first-order valence-electron chi connectivity index (χ1n) is 18.7. The summed E-state index contributed by atoms with van der Waals surface area (Å²) in [6, 6.07) is 10.2. The Balaban J connectivity index is 1.52. The molecular formula is C40H48N6O9S. The summed E-state index contributed by atoms with van der Waals surface area (Å²) < 4.78 is 37.2. The van der Waals surface area contributed by atoms with Crippen molar-refractivity contribution in [3.05, 3.63) is 91.1 Å². The lowest BCUT2D eigenvalue weighted by atomic mass is 9.76. The predicted molar refractivity (Wildman–Crippen MR) is 210 cm³/mol. The van der Waals surface area contributed by atoms with Gasteiger partial charge in [-0.05, 0) is 127 Å². The maximum atomic E-state index is 14.3. The number of aryl methyl sites for hydroxylation is 2. The first-order valence-corrected chi connectivity index (χ1v) is 20.2. The molecule has 0 spiro atoms. The van der Waals surface area contributed by atoms with Crippen LogP contribution in [0.15, 0.2) is 53.6 Å². The number of sulfonamides is 1. The Kier molecular flexibility index (Phi) is 10.6. The Labute approximate surface area is 325 Å². The zero-order valence-electron chi connectivity index (χ0n) is 32.9. The van der Waals surface area contributed by atoms with Crippen LogP contribution < -0.4 is 4.72 Å². The van der Waals surface area contributed by atoms with Crippen molar-refractivity contribution in [3.63, 3.8) is 0 Å². The molecule has 2 aromatic carbocycles. The van der Waals surface area contributed by atoms with E-state index in [1.807, 2.05) is 56.9 Å². The fourth-order valence-corrected chi connectivity index (χ4v) is 9.39. The molecule has 0 radical (unpaired) electrons. The molecule has 1 amide bonds. The molecule has 4 heterocycles. The smallest absolute Gasteiger partial charge is 0.420 e. The molecule has 2 aromatic heterocycles. The van der Waals surface area contributed by atoms with Gasteiger partial charge in [0.25, 0.3) is 11.4 Å². The molecule has 1 saturated carbocycles. The maximum absolute atomic E-state index is 14.3. The van der Waals surface area contributed by atoms with Gasteiger partial charge in [0, 0.05) is 36.8 Å². The number of benzene rings is 2. The summed E-state index contributed by atoms with van der Waals surface area (Å²) in [6.45, 7) is 15.0. The van der Waals surface area contributed by atoms with Gasteiger partial charge < -0.3 is 9.64 Å². The number of piperidine rings is 2. The number of rotatable bonds is 10. The number of nitro benzene ring substituents is 2. The zero-order valence-corrected chi connectivity index (χ0v) is 33.7. The van der Waals surface area contributed by atoms with Crippen molar-refractivity contribution in [3.8, 4) is 11.3 Å². The number of fused-ring (bicyclic) bond motifs is 4. The molecule has 1 unspecified atom stereocenters. The van der Waals surface area contributed by atoms with Gasteiger partial charge in [0.05, 0.1) is 27.0 Å². The van der Waals surface area contributed by atoms with Gasteiger partial charge in [0.2, 0.25) is 15.9 Å². The Morgan fingerprint density at radius 2 is 1.61 bits per heavy atom. The van der Waals surface area contributed by atoms with E-state index in [-0.39, 0.29) is 24.1 Å². The molecule has 298 valence electrons. The van der Waals surface area contributed by atoms with Crippen molar-refractivity contribution in [2.75, 3.05) is 13.1 Å². The highest BCUT2D eigenvalue weighted by Crippen LogP contribution is 2.42. The van der Waals surface area contributed by atoms with Crippen molar-refractivity contribution in [1.29, 1.82) is 0 Å². The minimum atomic E-state index is -4.60. The number of nitrogens with zero attached hydrogens (tertiary/aromatic N) is 5. The SMILES string of the molecule is Cc1cc(C)cc(-c2c(C(C)CNS(=O)(=O)c3ccc([N+](=O)[O-])cc3[N+](=O)[O-])c3cc(C(C)(C)C(=O)N4CC5CCC4CC5)cnc3n2C(=O)OC(C)(C)C)c1. The topological polar surface area (TPSA) is 197 Å². The second-order valence-electron chi connectivity index (χ2n) is 16.7. The molecule has 1 atom stereocenters. The van der Waals surface area contributed by atoms with Crippen LogP contribution in [-0.2, 0) is 25.0 Å². The first-order chi connectivity index (χ1) is 26.1. The van der Waals surface area contributed by atoms with Crippen molar-refractivity contribution in [1.82, 2.24) is 19.2 Å². The molecule has 1 N–H and O–H groups in total. The summed E-state index contributed by atoms with van der Waals surface area (Å²) in [4.78, 5) is 56.1. The number of amides is 1. The summed E-state index contributed by atoms with van der Waals surface area (Å²) in [5, 5.41) is 23.7. The van der Waals surface area contributed by atoms with E-state index in [0.717, 1.165) is 48.9 Å². The molecule has 4 aromatic rings. The average molecular weight is 789 g/mol. The first kappa shape index (κ1) is 40.4. The molecule has 15 nitrogen and oxygen atoms in total. The van der Waals surface area contributed by atoms with Crippen LogP contribution in [0.3, 0.4) is 0 Å². The maximum Gasteiger partial charge on any atom is 0.420 e. The van der Waals surface area contributed by atoms with Gasteiger partial charge in [-0.3, -0.25) is 25.0 Å². The Morgan fingerprint density at radius 3 is 2.16 bits per heavy atom. The third kappa shape index (κ3) is 7.76. The summed E-state index contributed by atoms with van der Waals surface area (Å²) in [7, 11) is -4.60. The van der Waals surface area contributed by atoms with E-state index < -0.39 is 59.2 Å². The minimum Gasteiger partial charge on any atom is -0.443 e. The minimum absolute atomic E-state index is 0.0128. The highest BCUT2D eigenvalue weighted by Gasteiger charge is 2.43. The van der Waals surface area contributed by atoms with E-state index in [9.17, 15) is 38.2 Å². The molecule has 16 heteroatoms. The van der Waals surface area contributed by atoms with Crippen molar-refractivity contribution >= 4 is 44.4 Å². The van der Waals surface area contributed by atoms with Crippen LogP contribution in [-0.4, -0.2) is 69.4 Å². The summed E-state index contributed by atoms with van der Waals surface area (Å²) in [5.41, 5.74) is 0.776. The van der Waals surface area contributed by atoms with Gasteiger partial charge in [-0.2, -0.15) is 0 Å². The number of nitrogens with one attached hydrogen (secondary N) is 1. The van der Waals surface area contributed by atoms with Crippen LogP contribution in [0.1, 0.15) is 95.4 Å². The lowest BCUT2D eigenvalue weighted by Gasteiger charge is -2.47. The quantitative estimate of drug-likeness (QED) is 0.123. The molecule has 7 rings (SSSR count). The van der Waals surface area contributed by atoms with Crippen LogP contribution in [0.4, 0.5) is 16.2 Å². The predicted octanol–water partition coefficient (Wildman–Crippen LogP) is 7.68. The number of ether oxygens (including phenoxy) is 1. The van der Waals surface area contributed by atoms with Crippen molar-refractivity contribution in [2.24, 2.45) is 5.92 Å². The highest BCUT2D eigenvalue weighted by molar-refractivity contribution is 7.89. The number of non-ortho nitro benzene ring substituents is 1. The van der Waals surface area contributed by atoms with Crippen molar-refractivity contribution in [2.45, 2.75) is 109 Å². The molecule has 2 saturated heterocycles. The van der Waals surface area contributed by atoms with E-state index in [2.05, 4.69) is 4.72 Å². The Bertz CT molecular complexity index is 2350. The summed E-state index contributed by atoms with van der Waals surface area (Å²) >= 11 is 0. The van der Waals surface area contributed by atoms with Crippen LogP contribution in [0.2, 0.25) is 0 Å². The third-order valence-corrected chi connectivity index (χ3v) is 12.3. The normalized spacial score (nSPS) is 17.9. The summed E-state index contributed by atoms with van der Waals surface area (Å²) in [6.07, 6.45) is 5.08. The second-order valence-corrected chi connectivity index (χ2v) is 18.5.